The highest BCUT2D eigenvalue weighted by atomic mass is 35.5. The SMILES string of the molecule is O=C(C1CC1)N1CCCC(c2nc(-c3cccc(Cl)c3)no2)C1. The van der Waals surface area contributed by atoms with Crippen LogP contribution >= 0.6 is 11.6 Å². The van der Waals surface area contributed by atoms with Gasteiger partial charge in [-0.05, 0) is 37.8 Å². The number of rotatable bonds is 3. The lowest BCUT2D eigenvalue weighted by atomic mass is 9.97. The van der Waals surface area contributed by atoms with E-state index in [-0.39, 0.29) is 11.8 Å². The van der Waals surface area contributed by atoms with Crippen LogP contribution in [0.15, 0.2) is 28.8 Å². The monoisotopic (exact) mass is 331 g/mol. The van der Waals surface area contributed by atoms with Crippen molar-refractivity contribution in [2.45, 2.75) is 31.6 Å². The summed E-state index contributed by atoms with van der Waals surface area (Å²) in [6.07, 6.45) is 4.04. The summed E-state index contributed by atoms with van der Waals surface area (Å²) in [6.45, 7) is 1.54. The summed E-state index contributed by atoms with van der Waals surface area (Å²) in [5.74, 6) is 1.86. The van der Waals surface area contributed by atoms with Gasteiger partial charge in [-0.3, -0.25) is 4.79 Å². The molecule has 1 aromatic carbocycles. The molecule has 23 heavy (non-hydrogen) atoms. The number of halogens is 1. The van der Waals surface area contributed by atoms with Crippen LogP contribution in [0.2, 0.25) is 5.02 Å². The number of hydrogen-bond acceptors (Lipinski definition) is 4. The number of likely N-dealkylation sites (tertiary alicyclic amines) is 1. The summed E-state index contributed by atoms with van der Waals surface area (Å²) in [5, 5.41) is 4.72. The third-order valence-corrected chi connectivity index (χ3v) is 4.77. The summed E-state index contributed by atoms with van der Waals surface area (Å²) in [5.41, 5.74) is 0.842. The van der Waals surface area contributed by atoms with Crippen molar-refractivity contribution in [1.29, 1.82) is 0 Å². The van der Waals surface area contributed by atoms with E-state index in [1.807, 2.05) is 29.2 Å². The molecule has 1 saturated carbocycles. The van der Waals surface area contributed by atoms with E-state index in [4.69, 9.17) is 16.1 Å². The van der Waals surface area contributed by atoms with E-state index < -0.39 is 0 Å². The average Bonchev–Trinajstić information content (AvgIpc) is 3.31. The van der Waals surface area contributed by atoms with Gasteiger partial charge in [0.2, 0.25) is 17.6 Å². The first-order valence-electron chi connectivity index (χ1n) is 8.09. The van der Waals surface area contributed by atoms with Gasteiger partial charge in [0.05, 0.1) is 5.92 Å². The first-order chi connectivity index (χ1) is 11.2. The van der Waals surface area contributed by atoms with E-state index in [0.29, 0.717) is 29.2 Å². The third-order valence-electron chi connectivity index (χ3n) is 4.53. The van der Waals surface area contributed by atoms with E-state index >= 15 is 0 Å². The first-order valence-corrected chi connectivity index (χ1v) is 8.47. The third kappa shape index (κ3) is 3.11. The highest BCUT2D eigenvalue weighted by molar-refractivity contribution is 6.30. The zero-order valence-electron chi connectivity index (χ0n) is 12.7. The molecule has 4 rings (SSSR count). The van der Waals surface area contributed by atoms with Crippen molar-refractivity contribution in [2.75, 3.05) is 13.1 Å². The molecule has 1 atom stereocenters. The fraction of sp³-hybridized carbons (Fsp3) is 0.471. The van der Waals surface area contributed by atoms with Crippen LogP contribution < -0.4 is 0 Å². The maximum atomic E-state index is 12.2. The maximum Gasteiger partial charge on any atom is 0.231 e. The van der Waals surface area contributed by atoms with Gasteiger partial charge in [0.25, 0.3) is 0 Å². The zero-order chi connectivity index (χ0) is 15.8. The lowest BCUT2D eigenvalue weighted by Gasteiger charge is -2.31. The molecule has 2 fully saturated rings. The molecule has 0 N–H and O–H groups in total. The van der Waals surface area contributed by atoms with E-state index in [9.17, 15) is 4.79 Å². The van der Waals surface area contributed by atoms with Crippen LogP contribution in [0.25, 0.3) is 11.4 Å². The minimum atomic E-state index is 0.131. The van der Waals surface area contributed by atoms with E-state index in [1.54, 1.807) is 0 Å². The van der Waals surface area contributed by atoms with Gasteiger partial charge < -0.3 is 9.42 Å². The van der Waals surface area contributed by atoms with Crippen molar-refractivity contribution in [2.24, 2.45) is 5.92 Å². The summed E-state index contributed by atoms with van der Waals surface area (Å²) >= 11 is 6.01. The molecule has 2 aliphatic rings. The molecule has 1 aromatic heterocycles. The van der Waals surface area contributed by atoms with Gasteiger partial charge in [-0.15, -0.1) is 0 Å². The summed E-state index contributed by atoms with van der Waals surface area (Å²) < 4.78 is 5.46. The molecule has 0 spiro atoms. The van der Waals surface area contributed by atoms with Crippen LogP contribution in [0.3, 0.4) is 0 Å². The van der Waals surface area contributed by atoms with Gasteiger partial charge in [-0.1, -0.05) is 28.9 Å². The van der Waals surface area contributed by atoms with Crippen LogP contribution in [-0.4, -0.2) is 34.0 Å². The van der Waals surface area contributed by atoms with Gasteiger partial charge in [0.15, 0.2) is 0 Å². The fourth-order valence-electron chi connectivity index (χ4n) is 3.11. The Hall–Kier alpha value is -1.88. The molecule has 0 bridgehead atoms. The average molecular weight is 332 g/mol. The second-order valence-electron chi connectivity index (χ2n) is 6.36. The summed E-state index contributed by atoms with van der Waals surface area (Å²) in [6, 6.07) is 7.41. The van der Waals surface area contributed by atoms with Crippen LogP contribution in [0, 0.1) is 5.92 Å². The Morgan fingerprint density at radius 1 is 1.30 bits per heavy atom. The molecule has 1 aliphatic carbocycles. The summed E-state index contributed by atoms with van der Waals surface area (Å²) in [7, 11) is 0. The number of hydrogen-bond donors (Lipinski definition) is 0. The number of benzene rings is 1. The lowest BCUT2D eigenvalue weighted by molar-refractivity contribution is -0.133. The highest BCUT2D eigenvalue weighted by Gasteiger charge is 2.36. The van der Waals surface area contributed by atoms with Crippen molar-refractivity contribution >= 4 is 17.5 Å². The second-order valence-corrected chi connectivity index (χ2v) is 6.80. The van der Waals surface area contributed by atoms with Gasteiger partial charge >= 0.3 is 0 Å². The molecule has 2 heterocycles. The maximum absolute atomic E-state index is 12.2. The second kappa shape index (κ2) is 5.96. The Balaban J connectivity index is 1.50. The number of carbonyl (C=O) groups is 1. The van der Waals surface area contributed by atoms with Crippen molar-refractivity contribution in [3.63, 3.8) is 0 Å². The molecular weight excluding hydrogens is 314 g/mol. The van der Waals surface area contributed by atoms with Crippen LogP contribution in [0.1, 0.15) is 37.5 Å². The molecule has 0 radical (unpaired) electrons. The minimum absolute atomic E-state index is 0.131. The number of piperidine rings is 1. The Bertz CT molecular complexity index is 726. The summed E-state index contributed by atoms with van der Waals surface area (Å²) in [4.78, 5) is 18.7. The molecular formula is C17H18ClN3O2. The quantitative estimate of drug-likeness (QED) is 0.863. The van der Waals surface area contributed by atoms with Gasteiger partial charge in [-0.2, -0.15) is 4.98 Å². The van der Waals surface area contributed by atoms with Crippen molar-refractivity contribution in [3.8, 4) is 11.4 Å². The molecule has 5 nitrogen and oxygen atoms in total. The van der Waals surface area contributed by atoms with Gasteiger partial charge in [0.1, 0.15) is 0 Å². The Morgan fingerprint density at radius 2 is 2.17 bits per heavy atom. The normalized spacial score (nSPS) is 21.4. The zero-order valence-corrected chi connectivity index (χ0v) is 13.5. The highest BCUT2D eigenvalue weighted by Crippen LogP contribution is 2.34. The van der Waals surface area contributed by atoms with Crippen molar-refractivity contribution in [1.82, 2.24) is 15.0 Å². The van der Waals surface area contributed by atoms with E-state index in [0.717, 1.165) is 37.8 Å². The molecule has 6 heteroatoms. The number of nitrogens with zero attached hydrogens (tertiary/aromatic N) is 3. The molecule has 120 valence electrons. The van der Waals surface area contributed by atoms with Crippen LogP contribution in [0.5, 0.6) is 0 Å². The number of aromatic nitrogens is 2. The van der Waals surface area contributed by atoms with Crippen molar-refractivity contribution in [3.05, 3.63) is 35.2 Å². The minimum Gasteiger partial charge on any atom is -0.342 e. The number of carbonyl (C=O) groups excluding carboxylic acids is 1. The number of amides is 1. The van der Waals surface area contributed by atoms with Gasteiger partial charge in [-0.25, -0.2) is 0 Å². The molecule has 1 unspecified atom stereocenters. The topological polar surface area (TPSA) is 59.2 Å². The standard InChI is InChI=1S/C17H18ClN3O2/c18-14-5-1-3-12(9-14)15-19-16(23-20-15)13-4-2-8-21(10-13)17(22)11-6-7-11/h1,3,5,9,11,13H,2,4,6-8,10H2. The van der Waals surface area contributed by atoms with Gasteiger partial charge in [0, 0.05) is 29.6 Å². The predicted molar refractivity (Wildman–Crippen MR) is 86.0 cm³/mol. The van der Waals surface area contributed by atoms with Crippen molar-refractivity contribution < 1.29 is 9.32 Å². The molecule has 1 saturated heterocycles. The largest absolute Gasteiger partial charge is 0.342 e. The van der Waals surface area contributed by atoms with E-state index in [1.165, 1.54) is 0 Å². The van der Waals surface area contributed by atoms with Crippen LogP contribution in [0.4, 0.5) is 0 Å². The lowest BCUT2D eigenvalue weighted by Crippen LogP contribution is -2.40. The Labute approximate surface area is 139 Å². The smallest absolute Gasteiger partial charge is 0.231 e. The Morgan fingerprint density at radius 3 is 2.96 bits per heavy atom. The Kier molecular flexibility index (Phi) is 3.81. The first kappa shape index (κ1) is 14.7. The molecule has 1 aliphatic heterocycles. The fourth-order valence-corrected chi connectivity index (χ4v) is 3.30. The molecule has 2 aromatic rings. The van der Waals surface area contributed by atoms with Crippen LogP contribution in [-0.2, 0) is 4.79 Å². The predicted octanol–water partition coefficient (Wildman–Crippen LogP) is 3.51. The molecule has 1 amide bonds. The van der Waals surface area contributed by atoms with E-state index in [2.05, 4.69) is 10.1 Å².